The van der Waals surface area contributed by atoms with Crippen LogP contribution < -0.4 is 0 Å². The van der Waals surface area contributed by atoms with Gasteiger partial charge in [-0.15, -0.1) is 12.3 Å². The average Bonchev–Trinajstić information content (AvgIpc) is 2.94. The summed E-state index contributed by atoms with van der Waals surface area (Å²) in [5.74, 6) is 9.01. The molecule has 1 aliphatic rings. The maximum absolute atomic E-state index is 5.66. The summed E-state index contributed by atoms with van der Waals surface area (Å²) in [5.41, 5.74) is 8.89. The Balaban J connectivity index is 0.000000420. The third-order valence-electron chi connectivity index (χ3n) is 3.70. The molecule has 0 radical (unpaired) electrons. The molecule has 0 amide bonds. The van der Waals surface area contributed by atoms with Crippen molar-refractivity contribution < 1.29 is 0 Å². The summed E-state index contributed by atoms with van der Waals surface area (Å²) in [6.07, 6.45) is 6.60. The first-order valence-corrected chi connectivity index (χ1v) is 9.40. The molecule has 0 N–H and O–H groups in total. The van der Waals surface area contributed by atoms with Crippen LogP contribution in [0.5, 0.6) is 0 Å². The molecular weight excluding hydrogens is 312 g/mol. The van der Waals surface area contributed by atoms with Crippen molar-refractivity contribution in [3.05, 3.63) is 58.1 Å². The van der Waals surface area contributed by atoms with Gasteiger partial charge in [-0.25, -0.2) is 0 Å². The fourth-order valence-corrected chi connectivity index (χ4v) is 2.86. The van der Waals surface area contributed by atoms with Crippen LogP contribution in [0.1, 0.15) is 76.3 Å². The van der Waals surface area contributed by atoms with E-state index in [0.717, 1.165) is 23.1 Å². The minimum Gasteiger partial charge on any atom is -0.115 e. The lowest BCUT2D eigenvalue weighted by atomic mass is 9.93. The standard InChI is InChI=1S/C19H14.C5H12.C2H6/c1-4-8-17-15(5-2)13(3)11-18-16-10-7-6-9-14(16)12-19(17)18;1-5(2,3)4;1-2/h2,6-7,9-11H,12H2,1,3H3;1-4H3;1-2H3. The van der Waals surface area contributed by atoms with Crippen LogP contribution in [0.25, 0.3) is 11.1 Å². The molecule has 1 aliphatic carbocycles. The quantitative estimate of drug-likeness (QED) is 0.385. The summed E-state index contributed by atoms with van der Waals surface area (Å²) < 4.78 is 0. The predicted molar refractivity (Wildman–Crippen MR) is 116 cm³/mol. The van der Waals surface area contributed by atoms with Crippen LogP contribution in [0.4, 0.5) is 0 Å². The molecule has 136 valence electrons. The second-order valence-corrected chi connectivity index (χ2v) is 7.82. The largest absolute Gasteiger partial charge is 0.115 e. The number of fused-ring (bicyclic) bond motifs is 3. The zero-order valence-electron chi connectivity index (χ0n) is 17.7. The molecule has 0 unspecified atom stereocenters. The topological polar surface area (TPSA) is 0 Å². The van der Waals surface area contributed by atoms with Crippen LogP contribution in [0.2, 0.25) is 0 Å². The summed E-state index contributed by atoms with van der Waals surface area (Å²) in [7, 11) is 0. The highest BCUT2D eigenvalue weighted by atomic mass is 14.3. The van der Waals surface area contributed by atoms with E-state index in [0.29, 0.717) is 5.41 Å². The number of terminal acetylenes is 1. The van der Waals surface area contributed by atoms with Crippen LogP contribution in [0.15, 0.2) is 30.3 Å². The highest BCUT2D eigenvalue weighted by Gasteiger charge is 2.22. The van der Waals surface area contributed by atoms with E-state index < -0.39 is 0 Å². The number of hydrogen-bond acceptors (Lipinski definition) is 0. The highest BCUT2D eigenvalue weighted by Crippen LogP contribution is 2.40. The van der Waals surface area contributed by atoms with Gasteiger partial charge in [-0.05, 0) is 59.6 Å². The molecule has 0 bridgehead atoms. The molecule has 0 fully saturated rings. The van der Waals surface area contributed by atoms with Gasteiger partial charge in [0.15, 0.2) is 0 Å². The van der Waals surface area contributed by atoms with Gasteiger partial charge in [-0.2, -0.15) is 0 Å². The molecule has 0 heteroatoms. The SMILES string of the molecule is C#Cc1c(C)cc2c(c1C#CC)Cc1ccccc1-2.CC.CC(C)(C)C. The van der Waals surface area contributed by atoms with E-state index in [1.807, 2.05) is 20.8 Å². The summed E-state index contributed by atoms with van der Waals surface area (Å²) >= 11 is 0. The Morgan fingerprint density at radius 3 is 2.08 bits per heavy atom. The lowest BCUT2D eigenvalue weighted by Crippen LogP contribution is -1.96. The van der Waals surface area contributed by atoms with Crippen molar-refractivity contribution >= 4 is 0 Å². The lowest BCUT2D eigenvalue weighted by molar-refractivity contribution is 0.469. The molecule has 0 saturated carbocycles. The summed E-state index contributed by atoms with van der Waals surface area (Å²) in [5, 5.41) is 0. The van der Waals surface area contributed by atoms with Crippen LogP contribution in [-0.4, -0.2) is 0 Å². The van der Waals surface area contributed by atoms with Crippen molar-refractivity contribution in [1.29, 1.82) is 0 Å². The van der Waals surface area contributed by atoms with Gasteiger partial charge in [0, 0.05) is 11.1 Å². The molecule has 0 atom stereocenters. The molecule has 2 aromatic carbocycles. The van der Waals surface area contributed by atoms with Gasteiger partial charge in [0.1, 0.15) is 0 Å². The maximum Gasteiger partial charge on any atom is 0.0445 e. The Morgan fingerprint density at radius 1 is 0.962 bits per heavy atom. The summed E-state index contributed by atoms with van der Waals surface area (Å²) in [6.45, 7) is 16.7. The second-order valence-electron chi connectivity index (χ2n) is 7.82. The van der Waals surface area contributed by atoms with Gasteiger partial charge >= 0.3 is 0 Å². The molecule has 0 saturated heterocycles. The smallest absolute Gasteiger partial charge is 0.0445 e. The van der Waals surface area contributed by atoms with Crippen molar-refractivity contribution in [2.75, 3.05) is 0 Å². The monoisotopic (exact) mass is 344 g/mol. The number of hydrogen-bond donors (Lipinski definition) is 0. The minimum atomic E-state index is 0.500. The first-order chi connectivity index (χ1) is 12.3. The van der Waals surface area contributed by atoms with Crippen molar-refractivity contribution in [2.24, 2.45) is 5.41 Å². The third-order valence-corrected chi connectivity index (χ3v) is 3.70. The lowest BCUT2D eigenvalue weighted by Gasteiger charge is -2.09. The van der Waals surface area contributed by atoms with Crippen LogP contribution in [0, 0.1) is 36.5 Å². The Kier molecular flexibility index (Phi) is 7.74. The van der Waals surface area contributed by atoms with E-state index in [-0.39, 0.29) is 0 Å². The second kappa shape index (κ2) is 9.31. The van der Waals surface area contributed by atoms with Crippen LogP contribution in [-0.2, 0) is 6.42 Å². The van der Waals surface area contributed by atoms with Crippen LogP contribution in [0.3, 0.4) is 0 Å². The molecule has 3 rings (SSSR count). The van der Waals surface area contributed by atoms with E-state index in [2.05, 4.69) is 82.7 Å². The first-order valence-electron chi connectivity index (χ1n) is 9.40. The van der Waals surface area contributed by atoms with E-state index in [4.69, 9.17) is 6.42 Å². The minimum absolute atomic E-state index is 0.500. The molecule has 2 aromatic rings. The Morgan fingerprint density at radius 2 is 1.54 bits per heavy atom. The van der Waals surface area contributed by atoms with E-state index >= 15 is 0 Å². The summed E-state index contributed by atoms with van der Waals surface area (Å²) in [6, 6.07) is 10.7. The average molecular weight is 345 g/mol. The fraction of sp³-hybridized carbons (Fsp3) is 0.385. The third kappa shape index (κ3) is 5.28. The first kappa shape index (κ1) is 21.6. The van der Waals surface area contributed by atoms with Gasteiger partial charge in [0.2, 0.25) is 0 Å². The number of rotatable bonds is 0. The normalized spacial score (nSPS) is 10.6. The van der Waals surface area contributed by atoms with E-state index in [9.17, 15) is 0 Å². The molecule has 0 heterocycles. The Bertz CT molecular complexity index is 850. The molecule has 0 aliphatic heterocycles. The molecule has 0 nitrogen and oxygen atoms in total. The van der Waals surface area contributed by atoms with Crippen molar-refractivity contribution in [1.82, 2.24) is 0 Å². The van der Waals surface area contributed by atoms with Crippen molar-refractivity contribution in [3.8, 4) is 35.3 Å². The van der Waals surface area contributed by atoms with Crippen LogP contribution >= 0.6 is 0 Å². The van der Waals surface area contributed by atoms with Gasteiger partial charge in [-0.1, -0.05) is 77.6 Å². The van der Waals surface area contributed by atoms with Gasteiger partial charge in [0.05, 0.1) is 0 Å². The van der Waals surface area contributed by atoms with Crippen molar-refractivity contribution in [3.63, 3.8) is 0 Å². The fourth-order valence-electron chi connectivity index (χ4n) is 2.86. The molecule has 0 spiro atoms. The zero-order chi connectivity index (χ0) is 19.9. The van der Waals surface area contributed by atoms with Gasteiger partial charge < -0.3 is 0 Å². The molecule has 0 aromatic heterocycles. The van der Waals surface area contributed by atoms with Crippen molar-refractivity contribution in [2.45, 2.75) is 61.8 Å². The summed E-state index contributed by atoms with van der Waals surface area (Å²) in [4.78, 5) is 0. The van der Waals surface area contributed by atoms with Gasteiger partial charge in [0.25, 0.3) is 0 Å². The Labute approximate surface area is 161 Å². The molecular formula is C26H32. The highest BCUT2D eigenvalue weighted by molar-refractivity contribution is 5.81. The van der Waals surface area contributed by atoms with E-state index in [1.165, 1.54) is 22.3 Å². The predicted octanol–water partition coefficient (Wildman–Crippen LogP) is 7.00. The number of aryl methyl sites for hydroxylation is 1. The van der Waals surface area contributed by atoms with E-state index in [1.54, 1.807) is 0 Å². The zero-order valence-corrected chi connectivity index (χ0v) is 17.7. The number of benzene rings is 2. The van der Waals surface area contributed by atoms with Gasteiger partial charge in [-0.3, -0.25) is 0 Å². The Hall–Kier alpha value is -2.44. The maximum atomic E-state index is 5.66. The molecule has 26 heavy (non-hydrogen) atoms.